The molecule has 1 spiro atoms. The minimum atomic E-state index is -1.37. The van der Waals surface area contributed by atoms with E-state index in [4.69, 9.17) is 10.5 Å². The van der Waals surface area contributed by atoms with Crippen molar-refractivity contribution in [2.24, 2.45) is 5.73 Å². The van der Waals surface area contributed by atoms with E-state index >= 15 is 0 Å². The molecule has 0 bridgehead atoms. The van der Waals surface area contributed by atoms with Crippen molar-refractivity contribution in [2.75, 3.05) is 6.61 Å². The average molecular weight is 171 g/mol. The van der Waals surface area contributed by atoms with Gasteiger partial charge in [0.25, 0.3) is 5.91 Å². The van der Waals surface area contributed by atoms with Crippen molar-refractivity contribution in [3.8, 4) is 0 Å². The van der Waals surface area contributed by atoms with E-state index in [1.54, 1.807) is 0 Å². The second-order valence-electron chi connectivity index (χ2n) is 3.70. The van der Waals surface area contributed by atoms with Gasteiger partial charge >= 0.3 is 0 Å². The van der Waals surface area contributed by atoms with E-state index in [1.165, 1.54) is 0 Å². The summed E-state index contributed by atoms with van der Waals surface area (Å²) in [6.45, 7) is 0.635. The molecule has 1 heterocycles. The molecule has 2 aliphatic rings. The summed E-state index contributed by atoms with van der Waals surface area (Å²) in [5.74, 6) is -0.649. The van der Waals surface area contributed by atoms with Crippen LogP contribution >= 0.6 is 0 Å². The lowest BCUT2D eigenvalue weighted by atomic mass is 10.0. The van der Waals surface area contributed by atoms with Gasteiger partial charge in [-0.25, -0.2) is 0 Å². The van der Waals surface area contributed by atoms with Crippen molar-refractivity contribution in [1.82, 2.24) is 0 Å². The van der Waals surface area contributed by atoms with Gasteiger partial charge in [0.2, 0.25) is 0 Å². The second-order valence-corrected chi connectivity index (χ2v) is 3.70. The molecule has 0 radical (unpaired) electrons. The molecule has 12 heavy (non-hydrogen) atoms. The van der Waals surface area contributed by atoms with Crippen LogP contribution in [0.2, 0.25) is 0 Å². The summed E-state index contributed by atoms with van der Waals surface area (Å²) in [5, 5.41) is 9.68. The molecule has 0 aromatic heterocycles. The highest BCUT2D eigenvalue weighted by atomic mass is 16.5. The number of hydrogen-bond acceptors (Lipinski definition) is 3. The van der Waals surface area contributed by atoms with E-state index in [-0.39, 0.29) is 0 Å². The molecule has 3 N–H and O–H groups in total. The Labute approximate surface area is 70.7 Å². The summed E-state index contributed by atoms with van der Waals surface area (Å²) < 4.78 is 5.40. The Kier molecular flexibility index (Phi) is 1.47. The van der Waals surface area contributed by atoms with Crippen LogP contribution in [0.15, 0.2) is 0 Å². The number of hydrogen-bond donors (Lipinski definition) is 2. The zero-order valence-corrected chi connectivity index (χ0v) is 6.88. The molecular formula is C8H13NO3. The largest absolute Gasteiger partial charge is 0.377 e. The molecule has 4 nitrogen and oxygen atoms in total. The van der Waals surface area contributed by atoms with E-state index in [0.717, 1.165) is 19.3 Å². The first-order chi connectivity index (χ1) is 5.61. The lowest BCUT2D eigenvalue weighted by molar-refractivity contribution is -0.137. The predicted molar refractivity (Wildman–Crippen MR) is 41.3 cm³/mol. The van der Waals surface area contributed by atoms with Crippen LogP contribution < -0.4 is 5.73 Å². The summed E-state index contributed by atoms with van der Waals surface area (Å²) in [5.41, 5.74) is 3.09. The van der Waals surface area contributed by atoms with Crippen LogP contribution in [0.1, 0.15) is 25.7 Å². The fraction of sp³-hybridized carbons (Fsp3) is 0.875. The number of rotatable bonds is 1. The van der Waals surface area contributed by atoms with Crippen LogP contribution in [0, 0.1) is 0 Å². The van der Waals surface area contributed by atoms with Crippen LogP contribution in [-0.4, -0.2) is 28.8 Å². The van der Waals surface area contributed by atoms with E-state index in [1.807, 2.05) is 0 Å². The maximum Gasteiger partial charge on any atom is 0.252 e. The lowest BCUT2D eigenvalue weighted by Gasteiger charge is -2.24. The molecule has 2 atom stereocenters. The van der Waals surface area contributed by atoms with Crippen LogP contribution in [0.4, 0.5) is 0 Å². The van der Waals surface area contributed by atoms with E-state index in [0.29, 0.717) is 13.0 Å². The molecule has 0 aromatic rings. The molecule has 1 aliphatic carbocycles. The van der Waals surface area contributed by atoms with Gasteiger partial charge in [-0.05, 0) is 19.3 Å². The summed E-state index contributed by atoms with van der Waals surface area (Å²) in [7, 11) is 0. The standard InChI is InChI=1S/C8H13NO3/c9-6(10)8(11)5-7(8)3-1-2-4-12-7/h11H,1-5H2,(H2,9,10). The molecule has 68 valence electrons. The second kappa shape index (κ2) is 2.20. The third-order valence-corrected chi connectivity index (χ3v) is 2.93. The zero-order chi connectivity index (χ0) is 8.82. The SMILES string of the molecule is NC(=O)C1(O)CC12CCCCO2. The van der Waals surface area contributed by atoms with Gasteiger partial charge in [0.15, 0.2) is 5.60 Å². The van der Waals surface area contributed by atoms with Crippen molar-refractivity contribution in [2.45, 2.75) is 36.9 Å². The number of carbonyl (C=O) groups is 1. The highest BCUT2D eigenvalue weighted by Gasteiger charge is 2.72. The number of nitrogens with two attached hydrogens (primary N) is 1. The van der Waals surface area contributed by atoms with Crippen LogP contribution in [0.25, 0.3) is 0 Å². The van der Waals surface area contributed by atoms with E-state index in [2.05, 4.69) is 0 Å². The number of amides is 1. The Bertz CT molecular complexity index is 222. The summed E-state index contributed by atoms with van der Waals surface area (Å²) in [6.07, 6.45) is 3.16. The van der Waals surface area contributed by atoms with Gasteiger partial charge in [-0.3, -0.25) is 4.79 Å². The van der Waals surface area contributed by atoms with E-state index in [9.17, 15) is 9.90 Å². The van der Waals surface area contributed by atoms with Crippen LogP contribution in [0.5, 0.6) is 0 Å². The predicted octanol–water partition coefficient (Wildman–Crippen LogP) is -0.454. The molecule has 1 amide bonds. The minimum absolute atomic E-state index is 0.384. The van der Waals surface area contributed by atoms with Crippen molar-refractivity contribution in [3.63, 3.8) is 0 Å². The minimum Gasteiger partial charge on any atom is -0.377 e. The summed E-state index contributed by atoms with van der Waals surface area (Å²) in [6, 6.07) is 0. The number of carbonyl (C=O) groups excluding carboxylic acids is 1. The third-order valence-electron chi connectivity index (χ3n) is 2.93. The molecule has 2 unspecified atom stereocenters. The maximum atomic E-state index is 10.8. The Hall–Kier alpha value is -0.610. The fourth-order valence-corrected chi connectivity index (χ4v) is 2.00. The van der Waals surface area contributed by atoms with Crippen LogP contribution in [-0.2, 0) is 9.53 Å². The van der Waals surface area contributed by atoms with Crippen molar-refractivity contribution in [3.05, 3.63) is 0 Å². The highest BCUT2D eigenvalue weighted by molar-refractivity contribution is 5.89. The first-order valence-corrected chi connectivity index (χ1v) is 4.27. The van der Waals surface area contributed by atoms with Crippen LogP contribution in [0.3, 0.4) is 0 Å². The molecule has 1 saturated carbocycles. The highest BCUT2D eigenvalue weighted by Crippen LogP contribution is 2.55. The number of primary amides is 1. The van der Waals surface area contributed by atoms with Gasteiger partial charge < -0.3 is 15.6 Å². The molecule has 1 aliphatic heterocycles. The smallest absolute Gasteiger partial charge is 0.252 e. The molecule has 4 heteroatoms. The van der Waals surface area contributed by atoms with Gasteiger partial charge in [0, 0.05) is 13.0 Å². The third kappa shape index (κ3) is 0.820. The normalized spacial score (nSPS) is 46.1. The van der Waals surface area contributed by atoms with Crippen molar-refractivity contribution < 1.29 is 14.6 Å². The number of ether oxygens (including phenoxy) is 1. The molecule has 2 rings (SSSR count). The lowest BCUT2D eigenvalue weighted by Crippen LogP contribution is -2.41. The Balaban J connectivity index is 2.12. The monoisotopic (exact) mass is 171 g/mol. The summed E-state index contributed by atoms with van der Waals surface area (Å²) in [4.78, 5) is 10.8. The Morgan fingerprint density at radius 1 is 1.50 bits per heavy atom. The zero-order valence-electron chi connectivity index (χ0n) is 6.88. The molecular weight excluding hydrogens is 158 g/mol. The average Bonchev–Trinajstić information content (AvgIpc) is 2.59. The first kappa shape index (κ1) is 8.01. The number of aliphatic hydroxyl groups is 1. The van der Waals surface area contributed by atoms with Gasteiger partial charge in [-0.1, -0.05) is 0 Å². The molecule has 0 aromatic carbocycles. The Morgan fingerprint density at radius 3 is 2.67 bits per heavy atom. The molecule has 2 fully saturated rings. The van der Waals surface area contributed by atoms with E-state index < -0.39 is 17.1 Å². The van der Waals surface area contributed by atoms with Crippen molar-refractivity contribution >= 4 is 5.91 Å². The van der Waals surface area contributed by atoms with Crippen molar-refractivity contribution in [1.29, 1.82) is 0 Å². The van der Waals surface area contributed by atoms with Gasteiger partial charge in [0.05, 0.1) is 0 Å². The maximum absolute atomic E-state index is 10.8. The van der Waals surface area contributed by atoms with Gasteiger partial charge in [-0.2, -0.15) is 0 Å². The first-order valence-electron chi connectivity index (χ1n) is 4.27. The quantitative estimate of drug-likeness (QED) is 0.561. The fourth-order valence-electron chi connectivity index (χ4n) is 2.00. The summed E-state index contributed by atoms with van der Waals surface area (Å²) >= 11 is 0. The molecule has 1 saturated heterocycles. The van der Waals surface area contributed by atoms with Gasteiger partial charge in [-0.15, -0.1) is 0 Å². The van der Waals surface area contributed by atoms with Gasteiger partial charge in [0.1, 0.15) is 5.60 Å². The Morgan fingerprint density at radius 2 is 2.25 bits per heavy atom. The topological polar surface area (TPSA) is 72.6 Å².